The zero-order valence-electron chi connectivity index (χ0n) is 5.29. The maximum absolute atomic E-state index is 10.3. The van der Waals surface area contributed by atoms with Crippen molar-refractivity contribution in [1.29, 1.82) is 5.26 Å². The molecule has 0 unspecified atom stereocenters. The number of nitriles is 1. The topological polar surface area (TPSA) is 100 Å². The normalized spacial score (nSPS) is 9.80. The van der Waals surface area contributed by atoms with Gasteiger partial charge in [0.1, 0.15) is 0 Å². The molecule has 0 aromatic carbocycles. The maximum Gasteiger partial charge on any atom is 0.427 e. The molecule has 6 heteroatoms. The first-order valence-corrected chi connectivity index (χ1v) is 2.32. The lowest BCUT2D eigenvalue weighted by molar-refractivity contribution is 0.201. The summed E-state index contributed by atoms with van der Waals surface area (Å²) in [5, 5.41) is 12.6. The fourth-order valence-electron chi connectivity index (χ4n) is 0.232. The fourth-order valence-corrected chi connectivity index (χ4v) is 0.232. The number of nitrogens with two attached hydrogens (primary N) is 1. The number of hydrogen-bond donors (Lipinski definition) is 2. The summed E-state index contributed by atoms with van der Waals surface area (Å²) < 4.78 is 4.29. The number of carbonyl (C=O) groups is 1. The lowest BCUT2D eigenvalue weighted by Gasteiger charge is -1.96. The first-order valence-electron chi connectivity index (χ1n) is 2.32. The Morgan fingerprint density at radius 2 is 2.50 bits per heavy atom. The van der Waals surface area contributed by atoms with Crippen molar-refractivity contribution in [3.05, 3.63) is 0 Å². The molecule has 0 atom stereocenters. The van der Waals surface area contributed by atoms with Crippen LogP contribution in [-0.2, 0) is 4.74 Å². The van der Waals surface area contributed by atoms with Crippen molar-refractivity contribution in [3.8, 4) is 6.19 Å². The van der Waals surface area contributed by atoms with Gasteiger partial charge in [0.15, 0.2) is 6.19 Å². The molecule has 0 aliphatic carbocycles. The van der Waals surface area contributed by atoms with E-state index in [9.17, 15) is 4.79 Å². The van der Waals surface area contributed by atoms with Gasteiger partial charge in [0, 0.05) is 6.92 Å². The molecular formula is C4H6N4O2. The van der Waals surface area contributed by atoms with Crippen LogP contribution < -0.4 is 11.2 Å². The average Bonchev–Trinajstić information content (AvgIpc) is 1.88. The number of alkyl carbamates (subject to hydrolysis) is 1. The summed E-state index contributed by atoms with van der Waals surface area (Å²) in [4.78, 5) is 10.3. The van der Waals surface area contributed by atoms with Crippen molar-refractivity contribution >= 4 is 12.0 Å². The molecule has 3 N–H and O–H groups in total. The Bertz CT molecular complexity index is 192. The Kier molecular flexibility index (Phi) is 3.41. The minimum atomic E-state index is -0.894. The monoisotopic (exact) mass is 142 g/mol. The Balaban J connectivity index is 3.71. The largest absolute Gasteiger partial charge is 0.427 e. The predicted octanol–water partition coefficient (Wildman–Crippen LogP) is -0.514. The van der Waals surface area contributed by atoms with Gasteiger partial charge in [-0.3, -0.25) is 0 Å². The van der Waals surface area contributed by atoms with E-state index < -0.39 is 6.09 Å². The molecule has 0 fully saturated rings. The molecule has 0 saturated carbocycles. The number of carbonyl (C=O) groups excluding carboxylic acids is 1. The first kappa shape index (κ1) is 8.23. The van der Waals surface area contributed by atoms with Gasteiger partial charge in [-0.2, -0.15) is 5.26 Å². The number of nitrogens with one attached hydrogen (secondary N) is 1. The summed E-state index contributed by atoms with van der Waals surface area (Å²) in [5.41, 5.74) is 0. The molecule has 1 amide bonds. The van der Waals surface area contributed by atoms with Crippen molar-refractivity contribution in [2.75, 3.05) is 0 Å². The third kappa shape index (κ3) is 3.26. The maximum atomic E-state index is 10.3. The number of hydrogen-bond acceptors (Lipinski definition) is 5. The smallest absolute Gasteiger partial charge is 0.393 e. The second-order valence-corrected chi connectivity index (χ2v) is 1.27. The number of amides is 1. The quantitative estimate of drug-likeness (QED) is 0.119. The second kappa shape index (κ2) is 4.14. The zero-order valence-corrected chi connectivity index (χ0v) is 5.29. The number of nitrogens with zero attached hydrogens (tertiary/aromatic N) is 2. The molecule has 0 aromatic rings. The van der Waals surface area contributed by atoms with Crippen molar-refractivity contribution < 1.29 is 9.53 Å². The van der Waals surface area contributed by atoms with Gasteiger partial charge < -0.3 is 10.6 Å². The van der Waals surface area contributed by atoms with Crippen LogP contribution in [0.3, 0.4) is 0 Å². The zero-order chi connectivity index (χ0) is 7.98. The van der Waals surface area contributed by atoms with Gasteiger partial charge >= 0.3 is 6.09 Å². The molecule has 0 saturated heterocycles. The van der Waals surface area contributed by atoms with Crippen LogP contribution >= 0.6 is 0 Å². The summed E-state index contributed by atoms with van der Waals surface area (Å²) in [6.45, 7) is 1.39. The minimum absolute atomic E-state index is 0.00671. The highest BCUT2D eigenvalue weighted by Crippen LogP contribution is 1.78. The minimum Gasteiger partial charge on any atom is -0.393 e. The summed E-state index contributed by atoms with van der Waals surface area (Å²) in [6.07, 6.45) is 0.482. The van der Waals surface area contributed by atoms with Crippen LogP contribution in [0.4, 0.5) is 4.79 Å². The van der Waals surface area contributed by atoms with Crippen molar-refractivity contribution in [2.45, 2.75) is 6.92 Å². The third-order valence-corrected chi connectivity index (χ3v) is 0.580. The molecular weight excluding hydrogens is 136 g/mol. The van der Waals surface area contributed by atoms with E-state index in [1.807, 2.05) is 0 Å². The lowest BCUT2D eigenvalue weighted by Crippen LogP contribution is -2.21. The highest BCUT2D eigenvalue weighted by molar-refractivity contribution is 5.86. The van der Waals surface area contributed by atoms with Crippen LogP contribution in [0.15, 0.2) is 5.10 Å². The van der Waals surface area contributed by atoms with Gasteiger partial charge in [-0.1, -0.05) is 0 Å². The third-order valence-electron chi connectivity index (χ3n) is 0.580. The molecule has 10 heavy (non-hydrogen) atoms. The summed E-state index contributed by atoms with van der Waals surface area (Å²) in [7, 11) is 0. The molecule has 0 heterocycles. The number of rotatable bonds is 0. The lowest BCUT2D eigenvalue weighted by atomic mass is 10.8. The van der Waals surface area contributed by atoms with E-state index in [4.69, 9.17) is 11.1 Å². The van der Waals surface area contributed by atoms with Gasteiger partial charge in [0.25, 0.3) is 0 Å². The van der Waals surface area contributed by atoms with E-state index in [2.05, 4.69) is 9.84 Å². The highest BCUT2D eigenvalue weighted by atomic mass is 16.6. The van der Waals surface area contributed by atoms with Gasteiger partial charge in [-0.05, 0) is 0 Å². The van der Waals surface area contributed by atoms with Crippen LogP contribution in [0.5, 0.6) is 0 Å². The van der Waals surface area contributed by atoms with Gasteiger partial charge in [-0.15, -0.1) is 5.10 Å². The second-order valence-electron chi connectivity index (χ2n) is 1.27. The van der Waals surface area contributed by atoms with Crippen LogP contribution in [-0.4, -0.2) is 12.0 Å². The van der Waals surface area contributed by atoms with Crippen LogP contribution in [0.1, 0.15) is 6.92 Å². The Hall–Kier alpha value is -1.77. The number of ether oxygens (including phenoxy) is 1. The van der Waals surface area contributed by atoms with E-state index >= 15 is 0 Å². The Morgan fingerprint density at radius 1 is 1.90 bits per heavy atom. The van der Waals surface area contributed by atoms with Crippen molar-refractivity contribution in [1.82, 2.24) is 5.32 Å². The standard InChI is InChI=1S/C4H6N4O2/c1-3(8-6)10-4(9)7-2-5/h6H2,1H3,(H,7,9). The molecule has 0 radical (unpaired) electrons. The molecule has 0 bridgehead atoms. The molecule has 0 aliphatic rings. The van der Waals surface area contributed by atoms with Crippen molar-refractivity contribution in [3.63, 3.8) is 0 Å². The van der Waals surface area contributed by atoms with Crippen LogP contribution in [0.2, 0.25) is 0 Å². The summed E-state index contributed by atoms with van der Waals surface area (Å²) in [5.74, 6) is 4.71. The number of hydrazone groups is 1. The van der Waals surface area contributed by atoms with Gasteiger partial charge in [0.2, 0.25) is 5.90 Å². The molecule has 6 nitrogen and oxygen atoms in total. The first-order chi connectivity index (χ1) is 4.70. The molecule has 54 valence electrons. The molecule has 0 spiro atoms. The molecule has 0 rings (SSSR count). The van der Waals surface area contributed by atoms with E-state index in [0.29, 0.717) is 0 Å². The average molecular weight is 142 g/mol. The van der Waals surface area contributed by atoms with Gasteiger partial charge in [-0.25, -0.2) is 10.1 Å². The summed E-state index contributed by atoms with van der Waals surface area (Å²) in [6, 6.07) is 0. The molecule has 0 aromatic heterocycles. The van der Waals surface area contributed by atoms with E-state index in [-0.39, 0.29) is 5.90 Å². The summed E-state index contributed by atoms with van der Waals surface area (Å²) >= 11 is 0. The highest BCUT2D eigenvalue weighted by Gasteiger charge is 2.00. The predicted molar refractivity (Wildman–Crippen MR) is 32.5 cm³/mol. The van der Waals surface area contributed by atoms with Crippen LogP contribution in [0.25, 0.3) is 0 Å². The fraction of sp³-hybridized carbons (Fsp3) is 0.250. The Labute approximate surface area is 57.3 Å². The SMILES string of the molecule is CC(=NN)OC(=O)NC#N. The van der Waals surface area contributed by atoms with Crippen molar-refractivity contribution in [2.24, 2.45) is 10.9 Å². The van der Waals surface area contributed by atoms with E-state index in [1.165, 1.54) is 13.1 Å². The van der Waals surface area contributed by atoms with E-state index in [0.717, 1.165) is 0 Å². The van der Waals surface area contributed by atoms with E-state index in [1.54, 1.807) is 5.32 Å². The molecule has 0 aliphatic heterocycles. The van der Waals surface area contributed by atoms with Gasteiger partial charge in [0.05, 0.1) is 0 Å². The van der Waals surface area contributed by atoms with Crippen LogP contribution in [0, 0.1) is 11.5 Å². The Morgan fingerprint density at radius 3 is 2.90 bits per heavy atom.